The molecular formula is C12H17N5O2S. The van der Waals surface area contributed by atoms with Crippen LogP contribution in [-0.2, 0) is 16.6 Å². The van der Waals surface area contributed by atoms with Crippen molar-refractivity contribution < 1.29 is 8.42 Å². The molecule has 3 N–H and O–H groups in total. The van der Waals surface area contributed by atoms with Crippen LogP contribution in [0, 0.1) is 13.8 Å². The van der Waals surface area contributed by atoms with Gasteiger partial charge in [0.1, 0.15) is 4.90 Å². The maximum atomic E-state index is 12.4. The Kier molecular flexibility index (Phi) is 4.05. The summed E-state index contributed by atoms with van der Waals surface area (Å²) in [5, 5.41) is 9.60. The zero-order chi connectivity index (χ0) is 14.8. The lowest BCUT2D eigenvalue weighted by molar-refractivity contribution is 0.598. The summed E-state index contributed by atoms with van der Waals surface area (Å²) in [6.45, 7) is 3.88. The lowest BCUT2D eigenvalue weighted by Crippen LogP contribution is -2.17. The fourth-order valence-electron chi connectivity index (χ4n) is 1.85. The smallest absolute Gasteiger partial charge is 0.265 e. The monoisotopic (exact) mass is 295 g/mol. The number of aryl methyl sites for hydroxylation is 2. The average molecular weight is 295 g/mol. The minimum atomic E-state index is -3.69. The van der Waals surface area contributed by atoms with Crippen LogP contribution in [-0.4, -0.2) is 30.6 Å². The molecule has 7 nitrogen and oxygen atoms in total. The van der Waals surface area contributed by atoms with Crippen LogP contribution in [0.4, 0.5) is 5.69 Å². The highest BCUT2D eigenvalue weighted by Gasteiger charge is 2.24. The fourth-order valence-corrected chi connectivity index (χ4v) is 3.26. The lowest BCUT2D eigenvalue weighted by Gasteiger charge is -2.09. The van der Waals surface area contributed by atoms with Gasteiger partial charge in [-0.25, -0.2) is 8.42 Å². The van der Waals surface area contributed by atoms with Gasteiger partial charge in [0.05, 0.1) is 23.3 Å². The Bertz CT molecular complexity index is 691. The number of sulfonamides is 1. The van der Waals surface area contributed by atoms with Crippen LogP contribution >= 0.6 is 0 Å². The van der Waals surface area contributed by atoms with E-state index >= 15 is 0 Å². The molecule has 0 spiro atoms. The van der Waals surface area contributed by atoms with E-state index in [2.05, 4.69) is 25.2 Å². The van der Waals surface area contributed by atoms with E-state index in [0.29, 0.717) is 23.6 Å². The zero-order valence-electron chi connectivity index (χ0n) is 11.6. The number of nitrogens with one attached hydrogen (secondary N) is 3. The number of hydrogen-bond donors (Lipinski definition) is 3. The first-order chi connectivity index (χ1) is 9.44. The topological polar surface area (TPSA) is 99.8 Å². The average Bonchev–Trinajstić information content (AvgIpc) is 2.74. The van der Waals surface area contributed by atoms with Gasteiger partial charge in [-0.05, 0) is 33.0 Å². The third kappa shape index (κ3) is 2.97. The molecule has 0 aliphatic heterocycles. The van der Waals surface area contributed by atoms with Crippen molar-refractivity contribution in [3.05, 3.63) is 35.4 Å². The van der Waals surface area contributed by atoms with E-state index in [0.717, 1.165) is 5.69 Å². The van der Waals surface area contributed by atoms with E-state index in [4.69, 9.17) is 0 Å². The maximum Gasteiger partial charge on any atom is 0.265 e. The van der Waals surface area contributed by atoms with Crippen LogP contribution in [0.1, 0.15) is 17.1 Å². The molecule has 0 aliphatic carbocycles. The summed E-state index contributed by atoms with van der Waals surface area (Å²) in [5.74, 6) is 0. The van der Waals surface area contributed by atoms with Gasteiger partial charge >= 0.3 is 0 Å². The van der Waals surface area contributed by atoms with E-state index in [-0.39, 0.29) is 4.90 Å². The highest BCUT2D eigenvalue weighted by Crippen LogP contribution is 2.21. The van der Waals surface area contributed by atoms with Crippen molar-refractivity contribution >= 4 is 15.7 Å². The zero-order valence-corrected chi connectivity index (χ0v) is 12.4. The van der Waals surface area contributed by atoms with Gasteiger partial charge in [-0.1, -0.05) is 0 Å². The van der Waals surface area contributed by atoms with Gasteiger partial charge in [-0.15, -0.1) is 0 Å². The minimum absolute atomic E-state index is 0.174. The largest absolute Gasteiger partial charge is 0.314 e. The summed E-state index contributed by atoms with van der Waals surface area (Å²) >= 11 is 0. The number of pyridine rings is 1. The SMILES string of the molecule is CNCc1n[nH]c(C)c1S(=O)(=O)Nc1ccc(C)nc1. The van der Waals surface area contributed by atoms with Crippen LogP contribution in [0.25, 0.3) is 0 Å². The minimum Gasteiger partial charge on any atom is -0.314 e. The molecule has 20 heavy (non-hydrogen) atoms. The standard InChI is InChI=1S/C12H17N5O2S/c1-8-4-5-10(6-14-8)17-20(18,19)12-9(2)15-16-11(12)7-13-3/h4-6,13,17H,7H2,1-3H3,(H,15,16). The summed E-state index contributed by atoms with van der Waals surface area (Å²) in [6, 6.07) is 3.42. The van der Waals surface area contributed by atoms with Gasteiger partial charge in [0, 0.05) is 12.2 Å². The highest BCUT2D eigenvalue weighted by atomic mass is 32.2. The number of nitrogens with zero attached hydrogens (tertiary/aromatic N) is 2. The Morgan fingerprint density at radius 3 is 2.65 bits per heavy atom. The summed E-state index contributed by atoms with van der Waals surface area (Å²) in [7, 11) is -1.96. The molecule has 108 valence electrons. The van der Waals surface area contributed by atoms with E-state index in [1.807, 2.05) is 6.92 Å². The van der Waals surface area contributed by atoms with Crippen LogP contribution in [0.2, 0.25) is 0 Å². The Morgan fingerprint density at radius 1 is 1.30 bits per heavy atom. The van der Waals surface area contributed by atoms with Gasteiger partial charge in [-0.2, -0.15) is 5.10 Å². The Morgan fingerprint density at radius 2 is 2.05 bits per heavy atom. The molecule has 0 bridgehead atoms. The molecule has 0 saturated carbocycles. The molecule has 2 aromatic rings. The summed E-state index contributed by atoms with van der Waals surface area (Å²) < 4.78 is 27.4. The molecule has 2 rings (SSSR count). The molecule has 0 unspecified atom stereocenters. The van der Waals surface area contributed by atoms with Crippen molar-refractivity contribution in [3.63, 3.8) is 0 Å². The van der Waals surface area contributed by atoms with Crippen molar-refractivity contribution in [2.24, 2.45) is 0 Å². The lowest BCUT2D eigenvalue weighted by atomic mass is 10.3. The quantitative estimate of drug-likeness (QED) is 0.762. The molecular weight excluding hydrogens is 278 g/mol. The normalized spacial score (nSPS) is 11.6. The third-order valence-electron chi connectivity index (χ3n) is 2.74. The van der Waals surface area contributed by atoms with Crippen molar-refractivity contribution in [1.82, 2.24) is 20.5 Å². The molecule has 2 aromatic heterocycles. The van der Waals surface area contributed by atoms with Crippen LogP contribution in [0.5, 0.6) is 0 Å². The van der Waals surface area contributed by atoms with Gasteiger partial charge < -0.3 is 5.32 Å². The third-order valence-corrected chi connectivity index (χ3v) is 4.32. The molecule has 0 fully saturated rings. The van der Waals surface area contributed by atoms with Gasteiger partial charge in [0.25, 0.3) is 10.0 Å². The molecule has 0 aromatic carbocycles. The predicted molar refractivity (Wildman–Crippen MR) is 75.9 cm³/mol. The first-order valence-electron chi connectivity index (χ1n) is 6.08. The van der Waals surface area contributed by atoms with Gasteiger partial charge in [0.15, 0.2) is 0 Å². The second kappa shape index (κ2) is 5.59. The number of H-pyrrole nitrogens is 1. The predicted octanol–water partition coefficient (Wildman–Crippen LogP) is 0.942. The molecule has 0 atom stereocenters. The van der Waals surface area contributed by atoms with Gasteiger partial charge in [-0.3, -0.25) is 14.8 Å². The molecule has 0 aliphatic rings. The second-order valence-electron chi connectivity index (χ2n) is 4.45. The van der Waals surface area contributed by atoms with Crippen LogP contribution in [0.15, 0.2) is 23.2 Å². The molecule has 2 heterocycles. The first-order valence-corrected chi connectivity index (χ1v) is 7.56. The van der Waals surface area contributed by atoms with Gasteiger partial charge in [0.2, 0.25) is 0 Å². The maximum absolute atomic E-state index is 12.4. The number of anilines is 1. The van der Waals surface area contributed by atoms with Crippen molar-refractivity contribution in [3.8, 4) is 0 Å². The summed E-state index contributed by atoms with van der Waals surface area (Å²) in [5.41, 5.74) is 2.20. The van der Waals surface area contributed by atoms with Crippen molar-refractivity contribution in [2.45, 2.75) is 25.3 Å². The fraction of sp³-hybridized carbons (Fsp3) is 0.333. The second-order valence-corrected chi connectivity index (χ2v) is 6.07. The van der Waals surface area contributed by atoms with Crippen molar-refractivity contribution in [2.75, 3.05) is 11.8 Å². The van der Waals surface area contributed by atoms with Crippen LogP contribution in [0.3, 0.4) is 0 Å². The summed E-state index contributed by atoms with van der Waals surface area (Å²) in [4.78, 5) is 4.24. The Labute approximate surface area is 117 Å². The Hall–Kier alpha value is -1.93. The van der Waals surface area contributed by atoms with E-state index in [9.17, 15) is 8.42 Å². The van der Waals surface area contributed by atoms with E-state index in [1.54, 1.807) is 26.1 Å². The molecule has 0 amide bonds. The first kappa shape index (κ1) is 14.5. The molecule has 0 radical (unpaired) electrons. The van der Waals surface area contributed by atoms with E-state index in [1.165, 1.54) is 6.20 Å². The number of rotatable bonds is 5. The number of aromatic nitrogens is 3. The molecule has 8 heteroatoms. The van der Waals surface area contributed by atoms with E-state index < -0.39 is 10.0 Å². The van der Waals surface area contributed by atoms with Crippen molar-refractivity contribution in [1.29, 1.82) is 0 Å². The number of hydrogen-bond acceptors (Lipinski definition) is 5. The van der Waals surface area contributed by atoms with Crippen LogP contribution < -0.4 is 10.0 Å². The highest BCUT2D eigenvalue weighted by molar-refractivity contribution is 7.92. The number of aromatic amines is 1. The molecule has 0 saturated heterocycles. The Balaban J connectivity index is 2.35. The summed E-state index contributed by atoms with van der Waals surface area (Å²) in [6.07, 6.45) is 1.49.